The second-order valence-corrected chi connectivity index (χ2v) is 7.07. The highest BCUT2D eigenvalue weighted by Crippen LogP contribution is 2.29. The highest BCUT2D eigenvalue weighted by Gasteiger charge is 2.11. The summed E-state index contributed by atoms with van der Waals surface area (Å²) in [7, 11) is 2.27. The topological polar surface area (TPSA) is 22.3 Å². The van der Waals surface area contributed by atoms with E-state index in [2.05, 4.69) is 78.1 Å². The van der Waals surface area contributed by atoms with Gasteiger partial charge in [-0.15, -0.1) is 0 Å². The van der Waals surface area contributed by atoms with Gasteiger partial charge in [0.15, 0.2) is 0 Å². The van der Waals surface area contributed by atoms with Crippen LogP contribution in [0.3, 0.4) is 0 Å². The van der Waals surface area contributed by atoms with Crippen molar-refractivity contribution in [2.45, 2.75) is 26.4 Å². The van der Waals surface area contributed by atoms with Crippen molar-refractivity contribution >= 4 is 21.8 Å². The molecule has 4 rings (SSSR count). The Labute approximate surface area is 154 Å². The second-order valence-electron chi connectivity index (χ2n) is 7.07. The molecule has 26 heavy (non-hydrogen) atoms. The SMILES string of the molecule is CCn1c2ccccc2c2cc(C[NH+](C)CCc3ccccn3)ccc21. The summed E-state index contributed by atoms with van der Waals surface area (Å²) in [6.45, 7) is 5.34. The Morgan fingerprint density at radius 3 is 2.54 bits per heavy atom. The smallest absolute Gasteiger partial charge is 0.103 e. The Kier molecular flexibility index (Phi) is 4.72. The van der Waals surface area contributed by atoms with Gasteiger partial charge in [0, 0.05) is 52.2 Å². The van der Waals surface area contributed by atoms with Crippen LogP contribution in [0.1, 0.15) is 18.2 Å². The van der Waals surface area contributed by atoms with Gasteiger partial charge in [-0.25, -0.2) is 0 Å². The van der Waals surface area contributed by atoms with E-state index in [-0.39, 0.29) is 0 Å². The molecule has 3 nitrogen and oxygen atoms in total. The molecule has 0 radical (unpaired) electrons. The lowest BCUT2D eigenvalue weighted by Gasteiger charge is -2.14. The van der Waals surface area contributed by atoms with Gasteiger partial charge in [-0.2, -0.15) is 0 Å². The molecule has 0 aliphatic heterocycles. The summed E-state index contributed by atoms with van der Waals surface area (Å²) >= 11 is 0. The molecular formula is C23H26N3+. The number of fused-ring (bicyclic) bond motifs is 3. The maximum Gasteiger partial charge on any atom is 0.103 e. The van der Waals surface area contributed by atoms with Crippen LogP contribution in [-0.2, 0) is 19.5 Å². The van der Waals surface area contributed by atoms with Crippen molar-refractivity contribution in [2.75, 3.05) is 13.6 Å². The Morgan fingerprint density at radius 2 is 1.73 bits per heavy atom. The molecule has 0 aliphatic carbocycles. The monoisotopic (exact) mass is 344 g/mol. The van der Waals surface area contributed by atoms with E-state index in [9.17, 15) is 0 Å². The molecule has 0 fully saturated rings. The molecule has 0 saturated heterocycles. The lowest BCUT2D eigenvalue weighted by Crippen LogP contribution is -3.07. The Morgan fingerprint density at radius 1 is 0.923 bits per heavy atom. The number of aromatic nitrogens is 2. The van der Waals surface area contributed by atoms with E-state index in [4.69, 9.17) is 0 Å². The van der Waals surface area contributed by atoms with Crippen LogP contribution in [0.4, 0.5) is 0 Å². The standard InChI is InChI=1S/C23H25N3/c1-3-26-22-10-5-4-9-20(22)21-16-18(11-12-23(21)26)17-25(2)15-13-19-8-6-7-14-24-19/h4-12,14,16H,3,13,15,17H2,1-2H3/p+1. The summed E-state index contributed by atoms with van der Waals surface area (Å²) in [5, 5.41) is 2.73. The fraction of sp³-hybridized carbons (Fsp3) is 0.261. The molecule has 2 heterocycles. The maximum atomic E-state index is 4.43. The van der Waals surface area contributed by atoms with Crippen LogP contribution >= 0.6 is 0 Å². The van der Waals surface area contributed by atoms with E-state index in [0.717, 1.165) is 26.1 Å². The normalized spacial score (nSPS) is 12.7. The van der Waals surface area contributed by atoms with E-state index >= 15 is 0 Å². The third-order valence-corrected chi connectivity index (χ3v) is 5.19. The van der Waals surface area contributed by atoms with Gasteiger partial charge in [-0.1, -0.05) is 30.3 Å². The van der Waals surface area contributed by atoms with E-state index in [1.54, 1.807) is 0 Å². The summed E-state index contributed by atoms with van der Waals surface area (Å²) in [4.78, 5) is 5.94. The number of benzene rings is 2. The predicted molar refractivity (Wildman–Crippen MR) is 109 cm³/mol. The van der Waals surface area contributed by atoms with Crippen molar-refractivity contribution < 1.29 is 4.90 Å². The Hall–Kier alpha value is -2.65. The number of hydrogen-bond acceptors (Lipinski definition) is 1. The number of likely N-dealkylation sites (N-methyl/N-ethyl adjacent to an activating group) is 1. The summed E-state index contributed by atoms with van der Waals surface area (Å²) in [5.74, 6) is 0. The zero-order chi connectivity index (χ0) is 17.9. The van der Waals surface area contributed by atoms with E-state index in [1.165, 1.54) is 38.0 Å². The largest absolute Gasteiger partial charge is 0.341 e. The van der Waals surface area contributed by atoms with E-state index in [0.29, 0.717) is 0 Å². The van der Waals surface area contributed by atoms with Gasteiger partial charge < -0.3 is 9.47 Å². The molecule has 1 unspecified atom stereocenters. The number of quaternary nitrogens is 1. The van der Waals surface area contributed by atoms with Crippen LogP contribution in [0.5, 0.6) is 0 Å². The summed E-state index contributed by atoms with van der Waals surface area (Å²) in [5.41, 5.74) is 5.24. The highest BCUT2D eigenvalue weighted by atomic mass is 15.1. The van der Waals surface area contributed by atoms with Gasteiger partial charge in [0.1, 0.15) is 6.54 Å². The molecule has 3 heteroatoms. The fourth-order valence-corrected chi connectivity index (χ4v) is 3.88. The Balaban J connectivity index is 1.56. The first kappa shape index (κ1) is 16.8. The van der Waals surface area contributed by atoms with Crippen LogP contribution in [-0.4, -0.2) is 23.1 Å². The number of aryl methyl sites for hydroxylation is 1. The molecule has 0 aliphatic rings. The van der Waals surface area contributed by atoms with Crippen molar-refractivity contribution in [3.8, 4) is 0 Å². The zero-order valence-corrected chi connectivity index (χ0v) is 15.6. The molecule has 0 spiro atoms. The number of para-hydroxylation sites is 1. The van der Waals surface area contributed by atoms with E-state index < -0.39 is 0 Å². The first-order chi connectivity index (χ1) is 12.8. The molecule has 1 N–H and O–H groups in total. The molecule has 2 aromatic carbocycles. The minimum atomic E-state index is 0.999. The molecule has 1 atom stereocenters. The summed E-state index contributed by atoms with van der Waals surface area (Å²) in [6.07, 6.45) is 2.89. The minimum Gasteiger partial charge on any atom is -0.341 e. The van der Waals surface area contributed by atoms with Crippen molar-refractivity contribution in [2.24, 2.45) is 0 Å². The van der Waals surface area contributed by atoms with Crippen LogP contribution in [0.2, 0.25) is 0 Å². The van der Waals surface area contributed by atoms with Crippen LogP contribution in [0, 0.1) is 0 Å². The van der Waals surface area contributed by atoms with Gasteiger partial charge in [0.2, 0.25) is 0 Å². The highest BCUT2D eigenvalue weighted by molar-refractivity contribution is 6.08. The average molecular weight is 344 g/mol. The average Bonchev–Trinajstić information content (AvgIpc) is 3.00. The number of rotatable bonds is 6. The number of pyridine rings is 1. The van der Waals surface area contributed by atoms with Crippen LogP contribution in [0.15, 0.2) is 66.9 Å². The Bertz CT molecular complexity index is 1020. The third kappa shape index (κ3) is 3.23. The lowest BCUT2D eigenvalue weighted by atomic mass is 10.1. The number of nitrogens with zero attached hydrogens (tertiary/aromatic N) is 2. The molecule has 0 saturated carbocycles. The van der Waals surface area contributed by atoms with Crippen molar-refractivity contribution in [1.82, 2.24) is 9.55 Å². The van der Waals surface area contributed by atoms with Gasteiger partial charge in [-0.3, -0.25) is 4.98 Å². The molecular weight excluding hydrogens is 318 g/mol. The van der Waals surface area contributed by atoms with Crippen LogP contribution in [0.25, 0.3) is 21.8 Å². The first-order valence-corrected chi connectivity index (χ1v) is 9.47. The molecule has 4 aromatic rings. The minimum absolute atomic E-state index is 0.999. The quantitative estimate of drug-likeness (QED) is 0.568. The summed E-state index contributed by atoms with van der Waals surface area (Å²) < 4.78 is 2.41. The number of hydrogen-bond donors (Lipinski definition) is 1. The molecule has 2 aromatic heterocycles. The molecule has 0 amide bonds. The first-order valence-electron chi connectivity index (χ1n) is 9.47. The third-order valence-electron chi connectivity index (χ3n) is 5.19. The van der Waals surface area contributed by atoms with Gasteiger partial charge in [0.05, 0.1) is 13.6 Å². The second kappa shape index (κ2) is 7.30. The van der Waals surface area contributed by atoms with Gasteiger partial charge >= 0.3 is 0 Å². The van der Waals surface area contributed by atoms with Crippen molar-refractivity contribution in [3.05, 3.63) is 78.1 Å². The van der Waals surface area contributed by atoms with Gasteiger partial charge in [-0.05, 0) is 37.3 Å². The molecule has 0 bridgehead atoms. The van der Waals surface area contributed by atoms with Crippen molar-refractivity contribution in [3.63, 3.8) is 0 Å². The lowest BCUT2D eigenvalue weighted by molar-refractivity contribution is -0.893. The summed E-state index contributed by atoms with van der Waals surface area (Å²) in [6, 6.07) is 21.8. The van der Waals surface area contributed by atoms with Gasteiger partial charge in [0.25, 0.3) is 0 Å². The fourth-order valence-electron chi connectivity index (χ4n) is 3.88. The zero-order valence-electron chi connectivity index (χ0n) is 15.6. The van der Waals surface area contributed by atoms with Crippen molar-refractivity contribution in [1.29, 1.82) is 0 Å². The predicted octanol–water partition coefficient (Wildman–Crippen LogP) is 3.47. The number of nitrogens with one attached hydrogen (secondary N) is 1. The molecule has 132 valence electrons. The van der Waals surface area contributed by atoms with Crippen LogP contribution < -0.4 is 4.90 Å². The maximum absolute atomic E-state index is 4.43. The van der Waals surface area contributed by atoms with E-state index in [1.807, 2.05) is 12.3 Å².